The van der Waals surface area contributed by atoms with Crippen LogP contribution in [0.15, 0.2) is 23.1 Å². The standard InChI is InChI=1S/C19H25F2N3O3S/c1-4-19(5-2,6-3)22-18(25)14-23-9-11-24(12-10-23)28(26,27)17-13-15(20)7-8-16(17)21/h1,7-8,13H,5-6,9-12,14H2,2-3H3,(H,22,25). The lowest BCUT2D eigenvalue weighted by atomic mass is 9.94. The smallest absolute Gasteiger partial charge is 0.246 e. The Morgan fingerprint density at radius 3 is 2.36 bits per heavy atom. The van der Waals surface area contributed by atoms with E-state index in [2.05, 4.69) is 11.2 Å². The number of hydrogen-bond acceptors (Lipinski definition) is 4. The van der Waals surface area contributed by atoms with Crippen LogP contribution in [0.25, 0.3) is 0 Å². The molecule has 0 bridgehead atoms. The van der Waals surface area contributed by atoms with Gasteiger partial charge in [0.05, 0.1) is 6.54 Å². The van der Waals surface area contributed by atoms with Gasteiger partial charge in [-0.3, -0.25) is 9.69 Å². The van der Waals surface area contributed by atoms with Crippen LogP contribution in [0.3, 0.4) is 0 Å². The lowest BCUT2D eigenvalue weighted by Crippen LogP contribution is -2.54. The largest absolute Gasteiger partial charge is 0.339 e. The molecule has 0 aromatic heterocycles. The summed E-state index contributed by atoms with van der Waals surface area (Å²) in [5, 5.41) is 2.87. The number of terminal acetylenes is 1. The number of piperazine rings is 1. The summed E-state index contributed by atoms with van der Waals surface area (Å²) in [7, 11) is -4.14. The highest BCUT2D eigenvalue weighted by Crippen LogP contribution is 2.21. The molecule has 0 radical (unpaired) electrons. The maximum Gasteiger partial charge on any atom is 0.246 e. The van der Waals surface area contributed by atoms with Crippen molar-refractivity contribution < 1.29 is 22.0 Å². The number of nitrogens with zero attached hydrogens (tertiary/aromatic N) is 2. The third-order valence-electron chi connectivity index (χ3n) is 5.07. The zero-order valence-electron chi connectivity index (χ0n) is 16.0. The molecule has 6 nitrogen and oxygen atoms in total. The minimum absolute atomic E-state index is 0.0768. The van der Waals surface area contributed by atoms with Gasteiger partial charge in [-0.1, -0.05) is 19.8 Å². The van der Waals surface area contributed by atoms with Gasteiger partial charge in [-0.05, 0) is 31.0 Å². The number of rotatable bonds is 7. The first-order chi connectivity index (χ1) is 13.2. The number of carbonyl (C=O) groups is 1. The molecule has 1 fully saturated rings. The summed E-state index contributed by atoms with van der Waals surface area (Å²) in [4.78, 5) is 13.4. The second kappa shape index (κ2) is 8.99. The Bertz CT molecular complexity index is 856. The number of amides is 1. The van der Waals surface area contributed by atoms with Crippen LogP contribution in [0.4, 0.5) is 8.78 Å². The van der Waals surface area contributed by atoms with E-state index < -0.39 is 32.1 Å². The quantitative estimate of drug-likeness (QED) is 0.689. The van der Waals surface area contributed by atoms with Crippen molar-refractivity contribution in [2.45, 2.75) is 37.1 Å². The molecule has 2 rings (SSSR count). The first-order valence-corrected chi connectivity index (χ1v) is 10.6. The van der Waals surface area contributed by atoms with Gasteiger partial charge in [0.15, 0.2) is 0 Å². The molecule has 1 amide bonds. The van der Waals surface area contributed by atoms with E-state index in [1.807, 2.05) is 13.8 Å². The molecule has 0 unspecified atom stereocenters. The second-order valence-corrected chi connectivity index (χ2v) is 8.64. The first kappa shape index (κ1) is 22.3. The molecule has 1 heterocycles. The van der Waals surface area contributed by atoms with Gasteiger partial charge in [0, 0.05) is 26.2 Å². The van der Waals surface area contributed by atoms with Crippen molar-refractivity contribution in [3.63, 3.8) is 0 Å². The minimum atomic E-state index is -4.14. The molecule has 0 atom stereocenters. The van der Waals surface area contributed by atoms with Gasteiger partial charge in [0.2, 0.25) is 15.9 Å². The molecular formula is C19H25F2N3O3S. The Hall–Kier alpha value is -2.02. The third kappa shape index (κ3) is 4.87. The average Bonchev–Trinajstić information content (AvgIpc) is 2.68. The molecule has 9 heteroatoms. The first-order valence-electron chi connectivity index (χ1n) is 9.13. The van der Waals surface area contributed by atoms with Crippen molar-refractivity contribution in [1.82, 2.24) is 14.5 Å². The lowest BCUT2D eigenvalue weighted by Gasteiger charge is -2.34. The third-order valence-corrected chi connectivity index (χ3v) is 6.99. The van der Waals surface area contributed by atoms with Crippen molar-refractivity contribution in [2.75, 3.05) is 32.7 Å². The van der Waals surface area contributed by atoms with Gasteiger partial charge >= 0.3 is 0 Å². The van der Waals surface area contributed by atoms with Crippen LogP contribution in [-0.2, 0) is 14.8 Å². The van der Waals surface area contributed by atoms with Gasteiger partial charge in [-0.15, -0.1) is 6.42 Å². The highest BCUT2D eigenvalue weighted by molar-refractivity contribution is 7.89. The van der Waals surface area contributed by atoms with Crippen molar-refractivity contribution in [3.05, 3.63) is 29.8 Å². The number of carbonyl (C=O) groups excluding carboxylic acids is 1. The van der Waals surface area contributed by atoms with Crippen LogP contribution in [0.1, 0.15) is 26.7 Å². The van der Waals surface area contributed by atoms with E-state index in [1.165, 1.54) is 0 Å². The van der Waals surface area contributed by atoms with Crippen molar-refractivity contribution in [3.8, 4) is 12.3 Å². The normalized spacial score (nSPS) is 16.5. The predicted molar refractivity (Wildman–Crippen MR) is 102 cm³/mol. The SMILES string of the molecule is C#CC(CC)(CC)NC(=O)CN1CCN(S(=O)(=O)c2cc(F)ccc2F)CC1. The molecule has 1 saturated heterocycles. The molecule has 1 aromatic carbocycles. The summed E-state index contributed by atoms with van der Waals surface area (Å²) >= 11 is 0. The molecule has 1 aromatic rings. The van der Waals surface area contributed by atoms with Gasteiger partial charge in [-0.25, -0.2) is 17.2 Å². The van der Waals surface area contributed by atoms with E-state index in [1.54, 1.807) is 4.90 Å². The zero-order valence-corrected chi connectivity index (χ0v) is 16.9. The Balaban J connectivity index is 1.98. The summed E-state index contributed by atoms with van der Waals surface area (Å²) in [6, 6.07) is 2.34. The Morgan fingerprint density at radius 2 is 1.82 bits per heavy atom. The van der Waals surface area contributed by atoms with Crippen LogP contribution < -0.4 is 5.32 Å². The monoisotopic (exact) mass is 413 g/mol. The highest BCUT2D eigenvalue weighted by atomic mass is 32.2. The van der Waals surface area contributed by atoms with E-state index in [4.69, 9.17) is 6.42 Å². The van der Waals surface area contributed by atoms with E-state index in [9.17, 15) is 22.0 Å². The van der Waals surface area contributed by atoms with Crippen molar-refractivity contribution >= 4 is 15.9 Å². The maximum absolute atomic E-state index is 13.9. The fraction of sp³-hybridized carbons (Fsp3) is 0.526. The highest BCUT2D eigenvalue weighted by Gasteiger charge is 2.32. The number of sulfonamides is 1. The average molecular weight is 413 g/mol. The maximum atomic E-state index is 13.9. The van der Waals surface area contributed by atoms with Crippen LogP contribution in [0.2, 0.25) is 0 Å². The lowest BCUT2D eigenvalue weighted by molar-refractivity contribution is -0.123. The number of benzene rings is 1. The Labute approximate surface area is 164 Å². The molecule has 154 valence electrons. The van der Waals surface area contributed by atoms with E-state index in [-0.39, 0.29) is 25.5 Å². The fourth-order valence-electron chi connectivity index (χ4n) is 3.12. The van der Waals surface area contributed by atoms with Gasteiger partial charge in [0.25, 0.3) is 0 Å². The van der Waals surface area contributed by atoms with Crippen LogP contribution >= 0.6 is 0 Å². The minimum Gasteiger partial charge on any atom is -0.339 e. The fourth-order valence-corrected chi connectivity index (χ4v) is 4.62. The van der Waals surface area contributed by atoms with Crippen LogP contribution in [0.5, 0.6) is 0 Å². The molecular weight excluding hydrogens is 388 g/mol. The Kier molecular flexibility index (Phi) is 7.15. The van der Waals surface area contributed by atoms with Crippen LogP contribution in [-0.4, -0.2) is 61.8 Å². The number of hydrogen-bond donors (Lipinski definition) is 1. The Morgan fingerprint density at radius 1 is 1.21 bits per heavy atom. The van der Waals surface area contributed by atoms with Crippen molar-refractivity contribution in [1.29, 1.82) is 0 Å². The summed E-state index contributed by atoms with van der Waals surface area (Å²) < 4.78 is 53.5. The molecule has 0 aliphatic carbocycles. The van der Waals surface area contributed by atoms with E-state index in [0.717, 1.165) is 16.4 Å². The molecule has 1 aliphatic rings. The van der Waals surface area contributed by atoms with E-state index >= 15 is 0 Å². The molecule has 1 aliphatic heterocycles. The summed E-state index contributed by atoms with van der Waals surface area (Å²) in [6.07, 6.45) is 6.76. The van der Waals surface area contributed by atoms with E-state index in [0.29, 0.717) is 32.0 Å². The molecule has 28 heavy (non-hydrogen) atoms. The summed E-state index contributed by atoms with van der Waals surface area (Å²) in [5.41, 5.74) is -0.683. The predicted octanol–water partition coefficient (Wildman–Crippen LogP) is 1.58. The van der Waals surface area contributed by atoms with Gasteiger partial charge in [-0.2, -0.15) is 4.31 Å². The molecule has 0 saturated carbocycles. The number of nitrogens with one attached hydrogen (secondary N) is 1. The van der Waals surface area contributed by atoms with Gasteiger partial charge < -0.3 is 5.32 Å². The molecule has 0 spiro atoms. The van der Waals surface area contributed by atoms with Gasteiger partial charge in [0.1, 0.15) is 22.1 Å². The summed E-state index contributed by atoms with van der Waals surface area (Å²) in [5.74, 6) is 0.593. The van der Waals surface area contributed by atoms with Crippen molar-refractivity contribution in [2.24, 2.45) is 0 Å². The number of halogens is 2. The second-order valence-electron chi connectivity index (χ2n) is 6.74. The topological polar surface area (TPSA) is 69.7 Å². The van der Waals surface area contributed by atoms with Crippen LogP contribution in [0, 0.1) is 24.0 Å². The molecule has 1 N–H and O–H groups in total. The zero-order chi connectivity index (χ0) is 20.9. The summed E-state index contributed by atoms with van der Waals surface area (Å²) in [6.45, 7) is 4.64.